The molecule has 4 heteroatoms. The van der Waals surface area contributed by atoms with Gasteiger partial charge in [0.05, 0.1) is 0 Å². The Morgan fingerprint density at radius 2 is 1.58 bits per heavy atom. The van der Waals surface area contributed by atoms with Crippen molar-refractivity contribution < 1.29 is 9.23 Å². The maximum Gasteiger partial charge on any atom is 0.193 e. The Hall–Kier alpha value is -3.14. The van der Waals surface area contributed by atoms with Gasteiger partial charge in [-0.25, -0.2) is 4.39 Å². The third-order valence-corrected chi connectivity index (χ3v) is 3.90. The van der Waals surface area contributed by atoms with Gasteiger partial charge in [-0.15, -0.1) is 5.10 Å². The summed E-state index contributed by atoms with van der Waals surface area (Å²) in [5, 5.41) is 5.51. The van der Waals surface area contributed by atoms with Crippen LogP contribution < -0.4 is 4.84 Å². The molecule has 0 saturated heterocycles. The van der Waals surface area contributed by atoms with Gasteiger partial charge >= 0.3 is 0 Å². The molecule has 0 N–H and O–H groups in total. The lowest BCUT2D eigenvalue weighted by atomic mass is 10.1. The number of para-hydroxylation sites is 2. The van der Waals surface area contributed by atoms with Crippen LogP contribution in [0.25, 0.3) is 22.2 Å². The first-order valence-electron chi connectivity index (χ1n) is 7.70. The molecule has 0 unspecified atom stereocenters. The monoisotopic (exact) mass is 318 g/mol. The zero-order valence-corrected chi connectivity index (χ0v) is 13.1. The largest absolute Gasteiger partial charge is 0.354 e. The number of hydrogen-bond donors (Lipinski definition) is 0. The number of aromatic nitrogens is 2. The van der Waals surface area contributed by atoms with Crippen molar-refractivity contribution in [2.75, 3.05) is 0 Å². The van der Waals surface area contributed by atoms with Crippen molar-refractivity contribution in [3.63, 3.8) is 0 Å². The molecule has 1 aromatic heterocycles. The summed E-state index contributed by atoms with van der Waals surface area (Å²) in [6.45, 7) is 2.04. The lowest BCUT2D eigenvalue weighted by Crippen LogP contribution is -2.08. The summed E-state index contributed by atoms with van der Waals surface area (Å²) in [4.78, 5) is 7.06. The van der Waals surface area contributed by atoms with Gasteiger partial charge in [0.15, 0.2) is 11.6 Å². The molecule has 4 aromatic rings. The van der Waals surface area contributed by atoms with E-state index >= 15 is 0 Å². The predicted molar refractivity (Wildman–Crippen MR) is 92.3 cm³/mol. The van der Waals surface area contributed by atoms with E-state index in [4.69, 9.17) is 4.84 Å². The summed E-state index contributed by atoms with van der Waals surface area (Å²) in [5.41, 5.74) is 3.77. The number of benzene rings is 3. The van der Waals surface area contributed by atoms with E-state index in [0.29, 0.717) is 0 Å². The van der Waals surface area contributed by atoms with E-state index in [1.807, 2.05) is 55.5 Å². The summed E-state index contributed by atoms with van der Waals surface area (Å²) in [6, 6.07) is 22.2. The normalized spacial score (nSPS) is 10.9. The van der Waals surface area contributed by atoms with E-state index in [1.165, 1.54) is 16.5 Å². The van der Waals surface area contributed by atoms with Gasteiger partial charge in [-0.1, -0.05) is 65.0 Å². The van der Waals surface area contributed by atoms with Crippen molar-refractivity contribution in [1.29, 1.82) is 0 Å². The molecule has 0 radical (unpaired) electrons. The number of halogens is 1. The predicted octanol–water partition coefficient (Wildman–Crippen LogP) is 4.99. The van der Waals surface area contributed by atoms with Gasteiger partial charge < -0.3 is 4.84 Å². The van der Waals surface area contributed by atoms with Crippen LogP contribution in [0.15, 0.2) is 72.8 Å². The van der Waals surface area contributed by atoms with Gasteiger partial charge in [-0.2, -0.15) is 0 Å². The maximum absolute atomic E-state index is 13.9. The van der Waals surface area contributed by atoms with Crippen molar-refractivity contribution in [3.8, 4) is 17.0 Å². The van der Waals surface area contributed by atoms with Gasteiger partial charge in [0.1, 0.15) is 11.2 Å². The summed E-state index contributed by atoms with van der Waals surface area (Å²) in [7, 11) is 0. The highest BCUT2D eigenvalue weighted by molar-refractivity contribution is 5.93. The van der Waals surface area contributed by atoms with E-state index in [2.05, 4.69) is 5.10 Å². The highest BCUT2D eigenvalue weighted by atomic mass is 19.1. The molecule has 0 spiro atoms. The molecular formula is C20H15FN2O. The average Bonchev–Trinajstić information content (AvgIpc) is 2.97. The summed E-state index contributed by atoms with van der Waals surface area (Å²) < 4.78 is 13.9. The molecule has 0 aliphatic rings. The van der Waals surface area contributed by atoms with E-state index in [9.17, 15) is 4.39 Å². The molecule has 118 valence electrons. The number of aryl methyl sites for hydroxylation is 1. The Morgan fingerprint density at radius 3 is 2.38 bits per heavy atom. The summed E-state index contributed by atoms with van der Waals surface area (Å²) in [6.07, 6.45) is 0. The van der Waals surface area contributed by atoms with Crippen molar-refractivity contribution >= 4 is 10.9 Å². The van der Waals surface area contributed by atoms with Crippen LogP contribution in [0.1, 0.15) is 5.56 Å². The highest BCUT2D eigenvalue weighted by Gasteiger charge is 2.14. The lowest BCUT2D eigenvalue weighted by molar-refractivity contribution is 0.182. The second-order valence-electron chi connectivity index (χ2n) is 5.63. The van der Waals surface area contributed by atoms with Crippen LogP contribution >= 0.6 is 0 Å². The molecule has 3 nitrogen and oxygen atoms in total. The Bertz CT molecular complexity index is 1010. The second-order valence-corrected chi connectivity index (χ2v) is 5.63. The topological polar surface area (TPSA) is 27.1 Å². The first kappa shape index (κ1) is 14.5. The van der Waals surface area contributed by atoms with Gasteiger partial charge in [-0.05, 0) is 25.1 Å². The standard InChI is InChI=1S/C20H15FN2O/c1-14-10-12-15(13-11-14)20-16-6-2-4-8-18(16)23(22-20)24-19-9-5-3-7-17(19)21/h2-13H,1H3. The Labute approximate surface area is 138 Å². The SMILES string of the molecule is Cc1ccc(-c2nn(Oc3ccccc3F)c3ccccc23)cc1. The average molecular weight is 318 g/mol. The van der Waals surface area contributed by atoms with Crippen LogP contribution in [0.5, 0.6) is 5.75 Å². The van der Waals surface area contributed by atoms with Gasteiger partial charge in [0.2, 0.25) is 0 Å². The minimum atomic E-state index is -0.422. The highest BCUT2D eigenvalue weighted by Crippen LogP contribution is 2.29. The third kappa shape index (κ3) is 2.52. The van der Waals surface area contributed by atoms with Crippen LogP contribution in [0.2, 0.25) is 0 Å². The molecule has 24 heavy (non-hydrogen) atoms. The molecule has 0 amide bonds. The molecule has 0 fully saturated rings. The first-order valence-corrected chi connectivity index (χ1v) is 7.70. The number of rotatable bonds is 3. The van der Waals surface area contributed by atoms with Crippen LogP contribution in [0.3, 0.4) is 0 Å². The number of hydrogen-bond acceptors (Lipinski definition) is 2. The number of nitrogens with zero attached hydrogens (tertiary/aromatic N) is 2. The smallest absolute Gasteiger partial charge is 0.193 e. The molecule has 1 heterocycles. The van der Waals surface area contributed by atoms with E-state index in [1.54, 1.807) is 18.2 Å². The van der Waals surface area contributed by atoms with Crippen molar-refractivity contribution in [2.45, 2.75) is 6.92 Å². The zero-order valence-electron chi connectivity index (χ0n) is 13.1. The molecular weight excluding hydrogens is 303 g/mol. The van der Waals surface area contributed by atoms with Crippen LogP contribution in [-0.4, -0.2) is 9.94 Å². The van der Waals surface area contributed by atoms with Crippen molar-refractivity contribution in [2.24, 2.45) is 0 Å². The molecule has 0 aliphatic heterocycles. The molecule has 0 atom stereocenters. The fraction of sp³-hybridized carbons (Fsp3) is 0.0500. The van der Waals surface area contributed by atoms with Gasteiger partial charge in [0, 0.05) is 10.9 Å². The summed E-state index contributed by atoms with van der Waals surface area (Å²) in [5.74, 6) is -0.282. The van der Waals surface area contributed by atoms with Gasteiger partial charge in [0.25, 0.3) is 0 Å². The molecule has 0 saturated carbocycles. The minimum absolute atomic E-state index is 0.140. The minimum Gasteiger partial charge on any atom is -0.354 e. The fourth-order valence-corrected chi connectivity index (χ4v) is 2.65. The van der Waals surface area contributed by atoms with Crippen LogP contribution in [0, 0.1) is 12.7 Å². The first-order chi connectivity index (χ1) is 11.7. The Kier molecular flexibility index (Phi) is 3.50. The van der Waals surface area contributed by atoms with E-state index in [-0.39, 0.29) is 5.75 Å². The van der Waals surface area contributed by atoms with Crippen molar-refractivity contribution in [3.05, 3.63) is 84.2 Å². The lowest BCUT2D eigenvalue weighted by Gasteiger charge is -2.06. The summed E-state index contributed by atoms with van der Waals surface area (Å²) >= 11 is 0. The third-order valence-electron chi connectivity index (χ3n) is 3.90. The zero-order chi connectivity index (χ0) is 16.5. The molecule has 3 aromatic carbocycles. The number of fused-ring (bicyclic) bond motifs is 1. The van der Waals surface area contributed by atoms with Crippen molar-refractivity contribution in [1.82, 2.24) is 9.94 Å². The second kappa shape index (κ2) is 5.81. The molecule has 0 aliphatic carbocycles. The molecule has 0 bridgehead atoms. The van der Waals surface area contributed by atoms with Gasteiger partial charge in [-0.3, -0.25) is 0 Å². The Balaban J connectivity index is 1.85. The van der Waals surface area contributed by atoms with Crippen LogP contribution in [0.4, 0.5) is 4.39 Å². The Morgan fingerprint density at radius 1 is 0.875 bits per heavy atom. The van der Waals surface area contributed by atoms with Crippen LogP contribution in [-0.2, 0) is 0 Å². The molecule has 4 rings (SSSR count). The maximum atomic E-state index is 13.9. The van der Waals surface area contributed by atoms with E-state index in [0.717, 1.165) is 22.2 Å². The fourth-order valence-electron chi connectivity index (χ4n) is 2.65. The van der Waals surface area contributed by atoms with E-state index < -0.39 is 5.82 Å². The quantitative estimate of drug-likeness (QED) is 0.532.